The van der Waals surface area contributed by atoms with Gasteiger partial charge in [0.25, 0.3) is 5.91 Å². The number of thioether (sulfide) groups is 1. The fourth-order valence-corrected chi connectivity index (χ4v) is 3.01. The predicted octanol–water partition coefficient (Wildman–Crippen LogP) is 3.07. The second-order valence-electron chi connectivity index (χ2n) is 5.27. The molecule has 1 heterocycles. The molecule has 0 aliphatic heterocycles. The third kappa shape index (κ3) is 4.70. The van der Waals surface area contributed by atoms with Crippen LogP contribution in [0.3, 0.4) is 0 Å². The van der Waals surface area contributed by atoms with Crippen molar-refractivity contribution in [1.29, 1.82) is 0 Å². The van der Waals surface area contributed by atoms with E-state index in [-0.39, 0.29) is 5.91 Å². The molecule has 6 heteroatoms. The lowest BCUT2D eigenvalue weighted by atomic mass is 10.1. The zero-order chi connectivity index (χ0) is 16.6. The van der Waals surface area contributed by atoms with E-state index in [9.17, 15) is 4.79 Å². The maximum absolute atomic E-state index is 12.3. The van der Waals surface area contributed by atoms with Gasteiger partial charge in [0.15, 0.2) is 5.16 Å². The molecule has 2 aromatic carbocycles. The summed E-state index contributed by atoms with van der Waals surface area (Å²) in [6, 6.07) is 17.8. The molecule has 3 aromatic rings. The van der Waals surface area contributed by atoms with Gasteiger partial charge in [-0.1, -0.05) is 54.2 Å². The normalized spacial score (nSPS) is 10.5. The van der Waals surface area contributed by atoms with Gasteiger partial charge < -0.3 is 5.32 Å². The largest absolute Gasteiger partial charge is 0.352 e. The fraction of sp³-hybridized carbons (Fsp3) is 0.167. The number of H-pyrrole nitrogens is 1. The minimum atomic E-state index is -0.0440. The van der Waals surface area contributed by atoms with Gasteiger partial charge in [-0.15, -0.1) is 0 Å². The molecule has 0 unspecified atom stereocenters. The number of nitrogens with one attached hydrogen (secondary N) is 2. The van der Waals surface area contributed by atoms with Crippen molar-refractivity contribution >= 4 is 17.7 Å². The van der Waals surface area contributed by atoms with E-state index in [0.29, 0.717) is 12.1 Å². The lowest BCUT2D eigenvalue weighted by Gasteiger charge is -2.07. The van der Waals surface area contributed by atoms with Gasteiger partial charge in [-0.25, -0.2) is 4.98 Å². The second kappa shape index (κ2) is 8.31. The number of carbonyl (C=O) groups excluding carboxylic acids is 1. The smallest absolute Gasteiger partial charge is 0.251 e. The molecule has 0 atom stereocenters. The minimum absolute atomic E-state index is 0.0440. The highest BCUT2D eigenvalue weighted by Gasteiger charge is 2.06. The van der Waals surface area contributed by atoms with Gasteiger partial charge >= 0.3 is 0 Å². The van der Waals surface area contributed by atoms with E-state index in [1.165, 1.54) is 11.9 Å². The van der Waals surface area contributed by atoms with Gasteiger partial charge in [-0.2, -0.15) is 5.10 Å². The third-order valence-electron chi connectivity index (χ3n) is 3.50. The summed E-state index contributed by atoms with van der Waals surface area (Å²) in [6.07, 6.45) is 2.31. The standard InChI is InChI=1S/C18H18N4OS/c23-17(19-10-9-14-5-2-1-3-6-14)16-8-4-7-15(11-16)12-24-18-20-13-21-22-18/h1-8,11,13H,9-10,12H2,(H,19,23)(H,20,21,22). The first-order valence-corrected chi connectivity index (χ1v) is 8.69. The van der Waals surface area contributed by atoms with Crippen molar-refractivity contribution < 1.29 is 4.79 Å². The molecular weight excluding hydrogens is 320 g/mol. The number of hydrogen-bond acceptors (Lipinski definition) is 4. The summed E-state index contributed by atoms with van der Waals surface area (Å²) in [4.78, 5) is 16.3. The Labute approximate surface area is 144 Å². The molecule has 5 nitrogen and oxygen atoms in total. The zero-order valence-corrected chi connectivity index (χ0v) is 13.9. The molecule has 0 fully saturated rings. The summed E-state index contributed by atoms with van der Waals surface area (Å²) in [5.74, 6) is 0.692. The second-order valence-corrected chi connectivity index (χ2v) is 6.24. The van der Waals surface area contributed by atoms with Crippen molar-refractivity contribution in [3.8, 4) is 0 Å². The number of benzene rings is 2. The van der Waals surface area contributed by atoms with Crippen molar-refractivity contribution in [3.05, 3.63) is 77.6 Å². The highest BCUT2D eigenvalue weighted by molar-refractivity contribution is 7.98. The Kier molecular flexibility index (Phi) is 5.63. The minimum Gasteiger partial charge on any atom is -0.352 e. The summed E-state index contributed by atoms with van der Waals surface area (Å²) in [5.41, 5.74) is 2.97. The van der Waals surface area contributed by atoms with Gasteiger partial charge in [0, 0.05) is 17.9 Å². The van der Waals surface area contributed by atoms with E-state index in [2.05, 4.69) is 32.6 Å². The Balaban J connectivity index is 1.52. The van der Waals surface area contributed by atoms with Gasteiger partial charge in [0.1, 0.15) is 6.33 Å². The number of hydrogen-bond donors (Lipinski definition) is 2. The molecule has 24 heavy (non-hydrogen) atoms. The van der Waals surface area contributed by atoms with Crippen LogP contribution in [0.5, 0.6) is 0 Å². The molecule has 2 N–H and O–H groups in total. The maximum atomic E-state index is 12.3. The Bertz CT molecular complexity index is 775. The lowest BCUT2D eigenvalue weighted by molar-refractivity contribution is 0.0954. The van der Waals surface area contributed by atoms with Crippen LogP contribution in [0.4, 0.5) is 0 Å². The van der Waals surface area contributed by atoms with Crippen molar-refractivity contribution in [2.45, 2.75) is 17.3 Å². The Morgan fingerprint density at radius 2 is 1.92 bits per heavy atom. The van der Waals surface area contributed by atoms with E-state index in [4.69, 9.17) is 0 Å². The van der Waals surface area contributed by atoms with Crippen LogP contribution in [0.2, 0.25) is 0 Å². The third-order valence-corrected chi connectivity index (χ3v) is 4.45. The number of aromatic nitrogens is 3. The van der Waals surface area contributed by atoms with Crippen LogP contribution in [-0.4, -0.2) is 27.6 Å². The molecule has 0 aliphatic carbocycles. The van der Waals surface area contributed by atoms with Gasteiger partial charge in [-0.3, -0.25) is 9.89 Å². The molecule has 1 aromatic heterocycles. The van der Waals surface area contributed by atoms with Crippen LogP contribution in [0.15, 0.2) is 66.1 Å². The monoisotopic (exact) mass is 338 g/mol. The Morgan fingerprint density at radius 3 is 2.71 bits per heavy atom. The van der Waals surface area contributed by atoms with Crippen molar-refractivity contribution in [3.63, 3.8) is 0 Å². The quantitative estimate of drug-likeness (QED) is 0.650. The SMILES string of the molecule is O=C(NCCc1ccccc1)c1cccc(CSc2ncn[nH]2)c1. The molecule has 1 amide bonds. The van der Waals surface area contributed by atoms with Crippen LogP contribution in [0.1, 0.15) is 21.5 Å². The first kappa shape index (κ1) is 16.3. The topological polar surface area (TPSA) is 70.7 Å². The average molecular weight is 338 g/mol. The highest BCUT2D eigenvalue weighted by atomic mass is 32.2. The Hall–Kier alpha value is -2.60. The maximum Gasteiger partial charge on any atom is 0.251 e. The van der Waals surface area contributed by atoms with Crippen LogP contribution >= 0.6 is 11.8 Å². The van der Waals surface area contributed by atoms with E-state index >= 15 is 0 Å². The van der Waals surface area contributed by atoms with Gasteiger partial charge in [0.2, 0.25) is 0 Å². The van der Waals surface area contributed by atoms with Crippen molar-refractivity contribution in [1.82, 2.24) is 20.5 Å². The van der Waals surface area contributed by atoms with Gasteiger partial charge in [-0.05, 0) is 29.7 Å². The summed E-state index contributed by atoms with van der Waals surface area (Å²) in [7, 11) is 0. The summed E-state index contributed by atoms with van der Waals surface area (Å²) >= 11 is 1.55. The summed E-state index contributed by atoms with van der Waals surface area (Å²) < 4.78 is 0. The predicted molar refractivity (Wildman–Crippen MR) is 94.9 cm³/mol. The van der Waals surface area contributed by atoms with Crippen LogP contribution in [0, 0.1) is 0 Å². The molecule has 0 radical (unpaired) electrons. The van der Waals surface area contributed by atoms with Gasteiger partial charge in [0.05, 0.1) is 0 Å². The number of amides is 1. The molecule has 0 aliphatic rings. The number of rotatable bonds is 7. The molecule has 0 bridgehead atoms. The van der Waals surface area contributed by atoms with Crippen molar-refractivity contribution in [2.75, 3.05) is 6.54 Å². The van der Waals surface area contributed by atoms with Crippen LogP contribution < -0.4 is 5.32 Å². The molecule has 0 saturated carbocycles. The van der Waals surface area contributed by atoms with E-state index in [0.717, 1.165) is 22.9 Å². The first-order chi connectivity index (χ1) is 11.8. The van der Waals surface area contributed by atoms with Crippen molar-refractivity contribution in [2.24, 2.45) is 0 Å². The summed E-state index contributed by atoms with van der Waals surface area (Å²) in [6.45, 7) is 0.625. The first-order valence-electron chi connectivity index (χ1n) is 7.70. The van der Waals surface area contributed by atoms with E-state index in [1.807, 2.05) is 42.5 Å². The molecule has 0 saturated heterocycles. The molecular formula is C18H18N4OS. The lowest BCUT2D eigenvalue weighted by Crippen LogP contribution is -2.25. The highest BCUT2D eigenvalue weighted by Crippen LogP contribution is 2.18. The zero-order valence-electron chi connectivity index (χ0n) is 13.1. The number of carbonyl (C=O) groups is 1. The Morgan fingerprint density at radius 1 is 1.08 bits per heavy atom. The number of nitrogens with zero attached hydrogens (tertiary/aromatic N) is 2. The van der Waals surface area contributed by atoms with E-state index in [1.54, 1.807) is 11.8 Å². The molecule has 122 valence electrons. The average Bonchev–Trinajstić information content (AvgIpc) is 3.15. The number of aromatic amines is 1. The van der Waals surface area contributed by atoms with Crippen LogP contribution in [0.25, 0.3) is 0 Å². The molecule has 3 rings (SSSR count). The van der Waals surface area contributed by atoms with E-state index < -0.39 is 0 Å². The molecule has 0 spiro atoms. The summed E-state index contributed by atoms with van der Waals surface area (Å²) in [5, 5.41) is 10.4. The fourth-order valence-electron chi connectivity index (χ4n) is 2.28. The van der Waals surface area contributed by atoms with Crippen LogP contribution in [-0.2, 0) is 12.2 Å².